The molecule has 30 heavy (non-hydrogen) atoms. The molecule has 0 bridgehead atoms. The number of methoxy groups -OCH3 is 2. The Bertz CT molecular complexity index is 873. The zero-order valence-electron chi connectivity index (χ0n) is 16.2. The second kappa shape index (κ2) is 11.2. The molecular weight excluding hydrogens is 475 g/mol. The number of carbonyl (C=O) groups excluding carboxylic acids is 1. The van der Waals surface area contributed by atoms with Gasteiger partial charge in [-0.15, -0.1) is 24.2 Å². The average molecular weight is 496 g/mol. The Kier molecular flexibility index (Phi) is 9.18. The van der Waals surface area contributed by atoms with E-state index in [4.69, 9.17) is 37.4 Å². The van der Waals surface area contributed by atoms with Crippen molar-refractivity contribution in [3.8, 4) is 11.5 Å². The lowest BCUT2D eigenvalue weighted by atomic mass is 10.0. The van der Waals surface area contributed by atoms with E-state index in [1.54, 1.807) is 37.1 Å². The van der Waals surface area contributed by atoms with Gasteiger partial charge in [0.15, 0.2) is 23.9 Å². The van der Waals surface area contributed by atoms with Crippen LogP contribution in [-0.2, 0) is 16.0 Å². The van der Waals surface area contributed by atoms with E-state index >= 15 is 0 Å². The van der Waals surface area contributed by atoms with Crippen LogP contribution in [0.25, 0.3) is 0 Å². The SMILES string of the molecule is COc1ccc([C@H](Cc2c(Cl)c[n+]([O-])cc2Cl)OC(=O)[C@@H]2CSCN2)cc1OC.Cl. The number of esters is 1. The molecule has 2 atom stereocenters. The molecule has 0 saturated carbocycles. The number of benzene rings is 1. The number of rotatable bonds is 7. The molecule has 0 unspecified atom stereocenters. The van der Waals surface area contributed by atoms with E-state index in [1.165, 1.54) is 19.5 Å². The van der Waals surface area contributed by atoms with Crippen molar-refractivity contribution in [2.24, 2.45) is 0 Å². The smallest absolute Gasteiger partial charge is 0.324 e. The minimum Gasteiger partial charge on any atom is -0.619 e. The quantitative estimate of drug-likeness (QED) is 0.357. The highest BCUT2D eigenvalue weighted by atomic mass is 35.5. The van der Waals surface area contributed by atoms with Crippen molar-refractivity contribution in [1.29, 1.82) is 0 Å². The number of ether oxygens (including phenoxy) is 3. The van der Waals surface area contributed by atoms with E-state index in [-0.39, 0.29) is 40.9 Å². The molecule has 11 heteroatoms. The van der Waals surface area contributed by atoms with E-state index in [1.807, 2.05) is 0 Å². The molecule has 0 aliphatic carbocycles. The fourth-order valence-electron chi connectivity index (χ4n) is 2.96. The number of halogens is 3. The monoisotopic (exact) mass is 494 g/mol. The molecule has 2 aromatic rings. The predicted octanol–water partition coefficient (Wildman–Crippen LogP) is 3.56. The van der Waals surface area contributed by atoms with Gasteiger partial charge in [0.2, 0.25) is 0 Å². The van der Waals surface area contributed by atoms with Gasteiger partial charge < -0.3 is 19.4 Å². The second-order valence-corrected chi connectivity index (χ2v) is 8.15. The van der Waals surface area contributed by atoms with Crippen LogP contribution in [0.15, 0.2) is 30.6 Å². The number of nitrogens with one attached hydrogen (secondary N) is 1. The molecule has 1 fully saturated rings. The molecule has 0 spiro atoms. The number of pyridine rings is 1. The van der Waals surface area contributed by atoms with E-state index in [0.29, 0.717) is 39.0 Å². The van der Waals surface area contributed by atoms with Gasteiger partial charge in [0.1, 0.15) is 22.2 Å². The number of carbonyl (C=O) groups is 1. The Balaban J connectivity index is 0.00000320. The molecule has 1 aliphatic heterocycles. The molecule has 3 rings (SSSR count). The summed E-state index contributed by atoms with van der Waals surface area (Å²) < 4.78 is 17.0. The first-order valence-electron chi connectivity index (χ1n) is 8.73. The normalized spacial score (nSPS) is 16.5. The molecule has 7 nitrogen and oxygen atoms in total. The Labute approximate surface area is 195 Å². The number of aromatic nitrogens is 1. The number of hydrogen-bond donors (Lipinski definition) is 1. The summed E-state index contributed by atoms with van der Waals surface area (Å²) in [6.07, 6.45) is 1.93. The summed E-state index contributed by atoms with van der Waals surface area (Å²) in [4.78, 5) is 12.6. The predicted molar refractivity (Wildman–Crippen MR) is 119 cm³/mol. The topological polar surface area (TPSA) is 83.7 Å². The molecule has 0 amide bonds. The van der Waals surface area contributed by atoms with Gasteiger partial charge in [-0.05, 0) is 17.7 Å². The van der Waals surface area contributed by atoms with E-state index < -0.39 is 6.10 Å². The van der Waals surface area contributed by atoms with Gasteiger partial charge in [0, 0.05) is 23.6 Å². The first-order chi connectivity index (χ1) is 13.9. The third kappa shape index (κ3) is 5.76. The van der Waals surface area contributed by atoms with Crippen molar-refractivity contribution in [3.05, 3.63) is 57.0 Å². The van der Waals surface area contributed by atoms with Crippen molar-refractivity contribution in [2.75, 3.05) is 25.8 Å². The summed E-state index contributed by atoms with van der Waals surface area (Å²) >= 11 is 14.1. The maximum absolute atomic E-state index is 12.6. The van der Waals surface area contributed by atoms with Crippen LogP contribution >= 0.6 is 47.4 Å². The Morgan fingerprint density at radius 1 is 1.27 bits per heavy atom. The van der Waals surface area contributed by atoms with Crippen molar-refractivity contribution >= 4 is 53.3 Å². The third-order valence-electron chi connectivity index (χ3n) is 4.49. The van der Waals surface area contributed by atoms with Crippen LogP contribution in [0.1, 0.15) is 17.2 Å². The maximum Gasteiger partial charge on any atom is 0.324 e. The van der Waals surface area contributed by atoms with Crippen molar-refractivity contribution < 1.29 is 23.7 Å². The molecule has 1 aromatic carbocycles. The molecule has 0 radical (unpaired) electrons. The fraction of sp³-hybridized carbons (Fsp3) is 0.368. The van der Waals surface area contributed by atoms with Gasteiger partial charge in [-0.25, -0.2) is 0 Å². The molecule has 1 aromatic heterocycles. The minimum atomic E-state index is -0.688. The number of nitrogens with zero attached hydrogens (tertiary/aromatic N) is 1. The van der Waals surface area contributed by atoms with E-state index in [0.717, 1.165) is 0 Å². The van der Waals surface area contributed by atoms with Gasteiger partial charge >= 0.3 is 5.97 Å². The number of thioether (sulfide) groups is 1. The minimum absolute atomic E-state index is 0. The van der Waals surface area contributed by atoms with Crippen LogP contribution in [0.5, 0.6) is 11.5 Å². The first kappa shape index (κ1) is 24.7. The molecule has 164 valence electrons. The van der Waals surface area contributed by atoms with Crippen LogP contribution in [-0.4, -0.2) is 37.9 Å². The van der Waals surface area contributed by atoms with Crippen molar-refractivity contribution in [1.82, 2.24) is 5.32 Å². The largest absolute Gasteiger partial charge is 0.619 e. The Morgan fingerprint density at radius 2 is 1.93 bits per heavy atom. The van der Waals surface area contributed by atoms with Crippen LogP contribution in [0.4, 0.5) is 0 Å². The summed E-state index contributed by atoms with van der Waals surface area (Å²) in [7, 11) is 3.07. The molecule has 1 aliphatic rings. The second-order valence-electron chi connectivity index (χ2n) is 6.31. The zero-order chi connectivity index (χ0) is 21.0. The number of hydrogen-bond acceptors (Lipinski definition) is 7. The fourth-order valence-corrected chi connectivity index (χ4v) is 4.49. The van der Waals surface area contributed by atoms with Gasteiger partial charge in [-0.2, -0.15) is 4.73 Å². The van der Waals surface area contributed by atoms with Crippen LogP contribution in [0, 0.1) is 5.21 Å². The Hall–Kier alpha value is -1.58. The summed E-state index contributed by atoms with van der Waals surface area (Å²) in [5, 5.41) is 15.0. The van der Waals surface area contributed by atoms with E-state index in [9.17, 15) is 10.0 Å². The summed E-state index contributed by atoms with van der Waals surface area (Å²) in [6, 6.07) is 4.88. The molecule has 1 N–H and O–H groups in total. The first-order valence-corrected chi connectivity index (χ1v) is 10.6. The average Bonchev–Trinajstić information content (AvgIpc) is 3.24. The lowest BCUT2D eigenvalue weighted by Gasteiger charge is -2.22. The molecular formula is C19H21Cl3N2O5S. The lowest BCUT2D eigenvalue weighted by Crippen LogP contribution is -2.35. The van der Waals surface area contributed by atoms with Crippen LogP contribution in [0.3, 0.4) is 0 Å². The lowest BCUT2D eigenvalue weighted by molar-refractivity contribution is -0.605. The van der Waals surface area contributed by atoms with E-state index in [2.05, 4.69) is 5.32 Å². The maximum atomic E-state index is 12.6. The van der Waals surface area contributed by atoms with Gasteiger partial charge in [0.05, 0.1) is 14.2 Å². The standard InChI is InChI=1S/C19H20Cl2N2O5S.ClH/c1-26-16-4-3-11(5-18(16)27-2)17(28-19(24)15-9-29-10-22-15)6-12-13(20)7-23(25)8-14(12)21;/h3-5,7-8,15,17,22H,6,9-10H2,1-2H3;1H/t15-,17-;/m0./s1. The highest BCUT2D eigenvalue weighted by Crippen LogP contribution is 2.35. The molecule has 1 saturated heterocycles. The van der Waals surface area contributed by atoms with Crippen molar-refractivity contribution in [2.45, 2.75) is 18.6 Å². The van der Waals surface area contributed by atoms with Crippen molar-refractivity contribution in [3.63, 3.8) is 0 Å². The molecule has 2 heterocycles. The highest BCUT2D eigenvalue weighted by Gasteiger charge is 2.29. The zero-order valence-corrected chi connectivity index (χ0v) is 19.4. The highest BCUT2D eigenvalue weighted by molar-refractivity contribution is 7.99. The Morgan fingerprint density at radius 3 is 2.50 bits per heavy atom. The van der Waals surface area contributed by atoms with Crippen LogP contribution in [0.2, 0.25) is 10.0 Å². The van der Waals surface area contributed by atoms with Gasteiger partial charge in [0.25, 0.3) is 0 Å². The summed E-state index contributed by atoms with van der Waals surface area (Å²) in [6.45, 7) is 0. The van der Waals surface area contributed by atoms with Gasteiger partial charge in [-0.1, -0.05) is 29.3 Å². The van der Waals surface area contributed by atoms with Gasteiger partial charge in [-0.3, -0.25) is 10.1 Å². The summed E-state index contributed by atoms with van der Waals surface area (Å²) in [5.74, 6) is 2.03. The third-order valence-corrected chi connectivity index (χ3v) is 6.08. The summed E-state index contributed by atoms with van der Waals surface area (Å²) in [5.41, 5.74) is 1.20. The van der Waals surface area contributed by atoms with Crippen LogP contribution < -0.4 is 19.5 Å².